The second kappa shape index (κ2) is 5.45. The van der Waals surface area contributed by atoms with Crippen molar-refractivity contribution in [3.05, 3.63) is 12.2 Å². The maximum absolute atomic E-state index is 8.85. The summed E-state index contributed by atoms with van der Waals surface area (Å²) in [6, 6.07) is 0. The summed E-state index contributed by atoms with van der Waals surface area (Å²) in [5.74, 6) is 0. The lowest BCUT2D eigenvalue weighted by Gasteiger charge is -2.06. The molecule has 0 saturated heterocycles. The Morgan fingerprint density at radius 1 is 1.70 bits per heavy atom. The van der Waals surface area contributed by atoms with E-state index in [-0.39, 0.29) is 6.10 Å². The van der Waals surface area contributed by atoms with Crippen molar-refractivity contribution in [2.75, 3.05) is 13.1 Å². The molecule has 0 radical (unpaired) electrons. The fourth-order valence-electron chi connectivity index (χ4n) is 0.583. The minimum atomic E-state index is -0.260. The topological polar surface area (TPSA) is 32.3 Å². The van der Waals surface area contributed by atoms with E-state index in [2.05, 4.69) is 18.8 Å². The maximum Gasteiger partial charge on any atom is 0.0636 e. The monoisotopic (exact) mass is 143 g/mol. The molecule has 0 aliphatic heterocycles. The highest BCUT2D eigenvalue weighted by Gasteiger charge is 1.93. The molecule has 2 N–H and O–H groups in total. The average Bonchev–Trinajstić information content (AvgIpc) is 1.87. The van der Waals surface area contributed by atoms with Gasteiger partial charge in [-0.25, -0.2) is 0 Å². The summed E-state index contributed by atoms with van der Waals surface area (Å²) in [5, 5.41) is 11.9. The Morgan fingerprint density at radius 3 is 2.70 bits per heavy atom. The molecule has 1 atom stereocenters. The molecule has 0 aliphatic carbocycles. The highest BCUT2D eigenvalue weighted by molar-refractivity contribution is 4.94. The minimum Gasteiger partial charge on any atom is -0.392 e. The van der Waals surface area contributed by atoms with Gasteiger partial charge in [0.1, 0.15) is 0 Å². The van der Waals surface area contributed by atoms with Crippen LogP contribution in [0.1, 0.15) is 20.3 Å². The predicted molar refractivity (Wildman–Crippen MR) is 44.0 cm³/mol. The maximum atomic E-state index is 8.85. The van der Waals surface area contributed by atoms with Crippen molar-refractivity contribution in [2.24, 2.45) is 0 Å². The first-order valence-electron chi connectivity index (χ1n) is 3.72. The highest BCUT2D eigenvalue weighted by atomic mass is 16.3. The first-order valence-corrected chi connectivity index (χ1v) is 3.72. The highest BCUT2D eigenvalue weighted by Crippen LogP contribution is 1.92. The number of hydrogen-bond acceptors (Lipinski definition) is 2. The average molecular weight is 143 g/mol. The molecule has 2 nitrogen and oxygen atoms in total. The van der Waals surface area contributed by atoms with E-state index in [1.807, 2.05) is 0 Å². The predicted octanol–water partition coefficient (Wildman–Crippen LogP) is 0.923. The first kappa shape index (κ1) is 9.66. The Bertz CT molecular complexity index is 99.4. The van der Waals surface area contributed by atoms with Gasteiger partial charge in [0.25, 0.3) is 0 Å². The van der Waals surface area contributed by atoms with Crippen LogP contribution in [0.5, 0.6) is 0 Å². The summed E-state index contributed by atoms with van der Waals surface area (Å²) < 4.78 is 0. The van der Waals surface area contributed by atoms with E-state index in [0.717, 1.165) is 13.0 Å². The van der Waals surface area contributed by atoms with Crippen LogP contribution in [0.15, 0.2) is 12.2 Å². The van der Waals surface area contributed by atoms with Gasteiger partial charge in [0.15, 0.2) is 0 Å². The zero-order valence-electron chi connectivity index (χ0n) is 6.85. The Labute approximate surface area is 62.9 Å². The standard InChI is InChI=1S/C8H17NO/c1-4-7(2)5-9-6-8(3)10/h8-10H,2,4-6H2,1,3H3/t8-/m0/s1. The van der Waals surface area contributed by atoms with Gasteiger partial charge in [0.2, 0.25) is 0 Å². The Balaban J connectivity index is 3.12. The molecule has 0 heterocycles. The molecule has 0 aliphatic rings. The van der Waals surface area contributed by atoms with E-state index in [4.69, 9.17) is 5.11 Å². The van der Waals surface area contributed by atoms with Gasteiger partial charge in [-0.3, -0.25) is 0 Å². The zero-order chi connectivity index (χ0) is 7.98. The van der Waals surface area contributed by atoms with E-state index in [9.17, 15) is 0 Å². The molecule has 0 spiro atoms. The molecule has 0 rings (SSSR count). The van der Waals surface area contributed by atoms with Crippen LogP contribution in [0.2, 0.25) is 0 Å². The van der Waals surface area contributed by atoms with Crippen LogP contribution in [0.4, 0.5) is 0 Å². The van der Waals surface area contributed by atoms with E-state index >= 15 is 0 Å². The third kappa shape index (κ3) is 5.79. The van der Waals surface area contributed by atoms with Crippen LogP contribution in [0.25, 0.3) is 0 Å². The van der Waals surface area contributed by atoms with Crippen LogP contribution >= 0.6 is 0 Å². The second-order valence-corrected chi connectivity index (χ2v) is 2.58. The van der Waals surface area contributed by atoms with E-state index in [0.29, 0.717) is 6.54 Å². The van der Waals surface area contributed by atoms with Crippen molar-refractivity contribution in [3.63, 3.8) is 0 Å². The summed E-state index contributed by atoms with van der Waals surface area (Å²) in [6.07, 6.45) is 0.747. The summed E-state index contributed by atoms with van der Waals surface area (Å²) in [6.45, 7) is 9.14. The Kier molecular flexibility index (Phi) is 5.26. The van der Waals surface area contributed by atoms with E-state index in [1.54, 1.807) is 6.92 Å². The molecule has 10 heavy (non-hydrogen) atoms. The lowest BCUT2D eigenvalue weighted by Crippen LogP contribution is -2.25. The molecule has 0 saturated carbocycles. The summed E-state index contributed by atoms with van der Waals surface area (Å²) in [7, 11) is 0. The molecule has 0 aromatic rings. The van der Waals surface area contributed by atoms with Crippen molar-refractivity contribution in [1.29, 1.82) is 0 Å². The van der Waals surface area contributed by atoms with E-state index in [1.165, 1.54) is 5.57 Å². The minimum absolute atomic E-state index is 0.260. The normalized spacial score (nSPS) is 13.1. The Hall–Kier alpha value is -0.340. The SMILES string of the molecule is C=C(CC)CNC[C@H](C)O. The van der Waals surface area contributed by atoms with Gasteiger partial charge in [0, 0.05) is 13.1 Å². The molecule has 0 aromatic carbocycles. The van der Waals surface area contributed by atoms with Crippen LogP contribution in [0.3, 0.4) is 0 Å². The molecule has 0 bridgehead atoms. The summed E-state index contributed by atoms with van der Waals surface area (Å²) >= 11 is 0. The number of hydrogen-bond donors (Lipinski definition) is 2. The molecule has 0 fully saturated rings. The van der Waals surface area contributed by atoms with Crippen molar-refractivity contribution >= 4 is 0 Å². The largest absolute Gasteiger partial charge is 0.392 e. The molecule has 0 amide bonds. The van der Waals surface area contributed by atoms with Gasteiger partial charge in [0.05, 0.1) is 6.10 Å². The quantitative estimate of drug-likeness (QED) is 0.561. The van der Waals surface area contributed by atoms with Gasteiger partial charge in [-0.1, -0.05) is 19.1 Å². The Morgan fingerprint density at radius 2 is 2.30 bits per heavy atom. The second-order valence-electron chi connectivity index (χ2n) is 2.58. The number of nitrogens with one attached hydrogen (secondary N) is 1. The van der Waals surface area contributed by atoms with Gasteiger partial charge >= 0.3 is 0 Å². The van der Waals surface area contributed by atoms with Gasteiger partial charge in [-0.15, -0.1) is 0 Å². The molecule has 0 unspecified atom stereocenters. The van der Waals surface area contributed by atoms with Crippen LogP contribution in [0, 0.1) is 0 Å². The van der Waals surface area contributed by atoms with Crippen molar-refractivity contribution in [3.8, 4) is 0 Å². The third-order valence-corrected chi connectivity index (χ3v) is 1.31. The van der Waals surface area contributed by atoms with Gasteiger partial charge in [-0.05, 0) is 13.3 Å². The first-order chi connectivity index (χ1) is 4.66. The van der Waals surface area contributed by atoms with Crippen molar-refractivity contribution in [1.82, 2.24) is 5.32 Å². The summed E-state index contributed by atoms with van der Waals surface area (Å²) in [4.78, 5) is 0. The lowest BCUT2D eigenvalue weighted by atomic mass is 10.2. The van der Waals surface area contributed by atoms with E-state index < -0.39 is 0 Å². The van der Waals surface area contributed by atoms with Crippen molar-refractivity contribution in [2.45, 2.75) is 26.4 Å². The van der Waals surface area contributed by atoms with Crippen LogP contribution in [-0.2, 0) is 0 Å². The van der Waals surface area contributed by atoms with Gasteiger partial charge in [-0.2, -0.15) is 0 Å². The van der Waals surface area contributed by atoms with Gasteiger partial charge < -0.3 is 10.4 Å². The molecular weight excluding hydrogens is 126 g/mol. The zero-order valence-corrected chi connectivity index (χ0v) is 6.85. The summed E-state index contributed by atoms with van der Waals surface area (Å²) in [5.41, 5.74) is 1.18. The lowest BCUT2D eigenvalue weighted by molar-refractivity contribution is 0.192. The third-order valence-electron chi connectivity index (χ3n) is 1.31. The van der Waals surface area contributed by atoms with Crippen LogP contribution in [-0.4, -0.2) is 24.3 Å². The number of rotatable bonds is 5. The van der Waals surface area contributed by atoms with Crippen molar-refractivity contribution < 1.29 is 5.11 Å². The number of aliphatic hydroxyl groups excluding tert-OH is 1. The molecule has 0 aromatic heterocycles. The molecule has 60 valence electrons. The smallest absolute Gasteiger partial charge is 0.0636 e. The fraction of sp³-hybridized carbons (Fsp3) is 0.750. The molecule has 2 heteroatoms. The molecular formula is C8H17NO. The number of aliphatic hydroxyl groups is 1. The van der Waals surface area contributed by atoms with Crippen LogP contribution < -0.4 is 5.32 Å². The fourth-order valence-corrected chi connectivity index (χ4v) is 0.583.